The molecule has 3 aliphatic heterocycles. The third-order valence-electron chi connectivity index (χ3n) is 13.3. The van der Waals surface area contributed by atoms with E-state index in [0.29, 0.717) is 27.8 Å². The van der Waals surface area contributed by atoms with Crippen molar-refractivity contribution in [2.75, 3.05) is 31.3 Å². The summed E-state index contributed by atoms with van der Waals surface area (Å²) in [7, 11) is 0. The zero-order chi connectivity index (χ0) is 48.1. The molecule has 8 atom stereocenters. The number of urea groups is 1. The Labute approximate surface area is 400 Å². The Bertz CT molecular complexity index is 2880. The van der Waals surface area contributed by atoms with Gasteiger partial charge in [-0.05, 0) is 59.0 Å². The van der Waals surface area contributed by atoms with E-state index in [1.807, 2.05) is 102 Å². The number of imide groups is 1. The molecule has 2 saturated heterocycles. The van der Waals surface area contributed by atoms with Crippen molar-refractivity contribution in [3.63, 3.8) is 0 Å². The number of nitrogens with zero attached hydrogens (tertiary/aromatic N) is 2. The van der Waals surface area contributed by atoms with Gasteiger partial charge in [0, 0.05) is 24.1 Å². The largest absolute Gasteiger partial charge is 0.491 e. The van der Waals surface area contributed by atoms with Crippen molar-refractivity contribution in [3.05, 3.63) is 203 Å². The number of carbonyl (C=O) groups excluding carboxylic acids is 4. The highest BCUT2D eigenvalue weighted by molar-refractivity contribution is 6.24. The average Bonchev–Trinajstić information content (AvgIpc) is 3.84. The monoisotopic (exact) mass is 924 g/mol. The Hall–Kier alpha value is -7.60. The molecule has 9 rings (SSSR count). The molecule has 0 aliphatic carbocycles. The van der Waals surface area contributed by atoms with E-state index >= 15 is 19.2 Å². The molecule has 0 aromatic heterocycles. The molecule has 4 amide bonds. The second-order valence-corrected chi connectivity index (χ2v) is 17.3. The Morgan fingerprint density at radius 1 is 0.768 bits per heavy atom. The first-order chi connectivity index (χ1) is 33.7. The molecule has 6 aromatic rings. The van der Waals surface area contributed by atoms with Gasteiger partial charge in [0.15, 0.2) is 0 Å². The number of amides is 4. The van der Waals surface area contributed by atoms with Gasteiger partial charge in [-0.25, -0.2) is 9.69 Å². The molecule has 1 spiro atoms. The minimum atomic E-state index is -2.14. The lowest BCUT2D eigenvalue weighted by molar-refractivity contribution is -0.178. The summed E-state index contributed by atoms with van der Waals surface area (Å²) in [6, 6.07) is 43.7. The molecule has 0 saturated carbocycles. The number of morpholine rings is 1. The van der Waals surface area contributed by atoms with Gasteiger partial charge in [-0.2, -0.15) is 0 Å². The number of anilines is 1. The fraction of sp³-hybridized carbons (Fsp3) is 0.250. The van der Waals surface area contributed by atoms with Crippen molar-refractivity contribution in [2.24, 2.45) is 5.92 Å². The smallest absolute Gasteiger partial charge is 0.329 e. The van der Waals surface area contributed by atoms with Crippen LogP contribution in [0.15, 0.2) is 164 Å². The number of fused-ring (bicyclic) bond motifs is 3. The number of para-hydroxylation sites is 1. The molecule has 3 aliphatic rings. The molecule has 69 heavy (non-hydrogen) atoms. The molecule has 350 valence electrons. The van der Waals surface area contributed by atoms with Crippen LogP contribution in [0.3, 0.4) is 0 Å². The highest BCUT2D eigenvalue weighted by Gasteiger charge is 2.76. The topological polar surface area (TPSA) is 178 Å². The predicted molar refractivity (Wildman–Crippen MR) is 257 cm³/mol. The SMILES string of the molecule is C[C@@H](NC(=O)N1C(=O)[C@@]2(c3cc(C#CCCO)ccc31)[C@H](c1ccccc1OCCO)N1[C@H](c3ccccc3)[C@H](c3ccccc3)OC(=O)[C@H]1[C@@H]2C(=O)NC[C@H](O)c1ccccc1)c1ccccc1. The van der Waals surface area contributed by atoms with E-state index in [-0.39, 0.29) is 49.8 Å². The van der Waals surface area contributed by atoms with Gasteiger partial charge in [-0.1, -0.05) is 151 Å². The standard InChI is InChI=1S/C56H52N4O9/c1-36(38-19-6-2-7-20-38)58-55(67)59-44-30-29-37(18-16-17-31-61)34-43(44)56(54(59)66)47(52(64)57-35-45(63)39-21-8-3-9-22-39)49-53(65)69-50(41-25-12-5-13-26-41)48(40-23-10-4-11-24-40)60(49)51(56)42-27-14-15-28-46(42)68-33-32-62/h2-15,19-30,34,36,45,47-51,61-63H,17,31-33,35H2,1H3,(H,57,64)(H,58,67)/t36-,45+,47-,48-,49-,50+,51+,56-/m1/s1. The van der Waals surface area contributed by atoms with E-state index in [1.54, 1.807) is 73.7 Å². The second kappa shape index (κ2) is 20.3. The minimum absolute atomic E-state index is 0.126. The Kier molecular flexibility index (Phi) is 13.7. The van der Waals surface area contributed by atoms with Gasteiger partial charge < -0.3 is 35.4 Å². The molecule has 5 N–H and O–H groups in total. The van der Waals surface area contributed by atoms with Crippen molar-refractivity contribution < 1.29 is 44.0 Å². The number of carbonyl (C=O) groups is 4. The third kappa shape index (κ3) is 8.64. The Balaban J connectivity index is 1.34. The number of cyclic esters (lactones) is 1. The van der Waals surface area contributed by atoms with Gasteiger partial charge in [0.25, 0.3) is 0 Å². The number of hydrogen-bond donors (Lipinski definition) is 5. The molecular formula is C56H52N4O9. The first-order valence-electron chi connectivity index (χ1n) is 23.0. The van der Waals surface area contributed by atoms with Gasteiger partial charge in [0.1, 0.15) is 29.9 Å². The fourth-order valence-corrected chi connectivity index (χ4v) is 10.3. The van der Waals surface area contributed by atoms with Gasteiger partial charge in [-0.3, -0.25) is 19.3 Å². The van der Waals surface area contributed by atoms with Crippen LogP contribution in [0.2, 0.25) is 0 Å². The third-order valence-corrected chi connectivity index (χ3v) is 13.3. The molecule has 0 unspecified atom stereocenters. The summed E-state index contributed by atoms with van der Waals surface area (Å²) < 4.78 is 12.9. The first-order valence-corrected chi connectivity index (χ1v) is 23.0. The number of ether oxygens (including phenoxy) is 2. The highest BCUT2D eigenvalue weighted by Crippen LogP contribution is 2.66. The van der Waals surface area contributed by atoms with Crippen molar-refractivity contribution in [2.45, 2.75) is 55.1 Å². The molecule has 13 heteroatoms. The fourth-order valence-electron chi connectivity index (χ4n) is 10.3. The Morgan fingerprint density at radius 3 is 2.06 bits per heavy atom. The maximum absolute atomic E-state index is 16.7. The quantitative estimate of drug-likeness (QED) is 0.0613. The van der Waals surface area contributed by atoms with E-state index < -0.39 is 71.5 Å². The number of aliphatic hydroxyl groups excluding tert-OH is 3. The summed E-state index contributed by atoms with van der Waals surface area (Å²) in [6.07, 6.45) is -1.99. The van der Waals surface area contributed by atoms with Crippen LogP contribution in [-0.4, -0.2) is 76.4 Å². The number of aliphatic hydroxyl groups is 3. The molecule has 13 nitrogen and oxygen atoms in total. The van der Waals surface area contributed by atoms with Crippen LogP contribution in [-0.2, 0) is 24.5 Å². The molecule has 0 bridgehead atoms. The lowest BCUT2D eigenvalue weighted by atomic mass is 9.65. The maximum atomic E-state index is 16.7. The van der Waals surface area contributed by atoms with Crippen LogP contribution in [0, 0.1) is 17.8 Å². The summed E-state index contributed by atoms with van der Waals surface area (Å²) >= 11 is 0. The van der Waals surface area contributed by atoms with Crippen LogP contribution < -0.4 is 20.3 Å². The van der Waals surface area contributed by atoms with Crippen molar-refractivity contribution >= 4 is 29.5 Å². The molecule has 2 fully saturated rings. The average molecular weight is 925 g/mol. The number of benzene rings is 6. The van der Waals surface area contributed by atoms with Crippen LogP contribution >= 0.6 is 0 Å². The molecule has 6 aromatic carbocycles. The lowest BCUT2D eigenvalue weighted by Crippen LogP contribution is -2.56. The summed E-state index contributed by atoms with van der Waals surface area (Å²) in [6.45, 7) is 0.847. The van der Waals surface area contributed by atoms with E-state index in [1.165, 1.54) is 0 Å². The second-order valence-electron chi connectivity index (χ2n) is 17.3. The molecule has 0 radical (unpaired) electrons. The normalized spacial score (nSPS) is 22.4. The van der Waals surface area contributed by atoms with Crippen LogP contribution in [0.5, 0.6) is 5.75 Å². The zero-order valence-electron chi connectivity index (χ0n) is 37.9. The van der Waals surface area contributed by atoms with Crippen molar-refractivity contribution in [1.82, 2.24) is 15.5 Å². The van der Waals surface area contributed by atoms with Crippen molar-refractivity contribution in [3.8, 4) is 17.6 Å². The van der Waals surface area contributed by atoms with E-state index in [0.717, 1.165) is 10.5 Å². The minimum Gasteiger partial charge on any atom is -0.491 e. The summed E-state index contributed by atoms with van der Waals surface area (Å²) in [5.41, 5.74) is 1.76. The van der Waals surface area contributed by atoms with E-state index in [9.17, 15) is 15.3 Å². The van der Waals surface area contributed by atoms with Crippen molar-refractivity contribution in [1.29, 1.82) is 0 Å². The van der Waals surface area contributed by atoms with Gasteiger partial charge in [0.05, 0.1) is 49.0 Å². The summed E-state index contributed by atoms with van der Waals surface area (Å²) in [5.74, 6) is 2.35. The maximum Gasteiger partial charge on any atom is 0.329 e. The highest BCUT2D eigenvalue weighted by atomic mass is 16.6. The van der Waals surface area contributed by atoms with E-state index in [2.05, 4.69) is 22.5 Å². The number of esters is 1. The summed E-state index contributed by atoms with van der Waals surface area (Å²) in [5, 5.41) is 37.2. The van der Waals surface area contributed by atoms with Crippen LogP contribution in [0.1, 0.15) is 82.6 Å². The number of hydrogen-bond acceptors (Lipinski definition) is 10. The van der Waals surface area contributed by atoms with Gasteiger partial charge in [-0.15, -0.1) is 0 Å². The van der Waals surface area contributed by atoms with Crippen LogP contribution in [0.4, 0.5) is 10.5 Å². The zero-order valence-corrected chi connectivity index (χ0v) is 37.9. The number of rotatable bonds is 13. The van der Waals surface area contributed by atoms with E-state index in [4.69, 9.17) is 9.47 Å². The Morgan fingerprint density at radius 2 is 1.39 bits per heavy atom. The van der Waals surface area contributed by atoms with Crippen LogP contribution in [0.25, 0.3) is 0 Å². The van der Waals surface area contributed by atoms with Gasteiger partial charge in [0.2, 0.25) is 11.8 Å². The first kappa shape index (κ1) is 46.5. The number of nitrogens with one attached hydrogen (secondary N) is 2. The lowest BCUT2D eigenvalue weighted by Gasteiger charge is -2.46. The predicted octanol–water partition coefficient (Wildman–Crippen LogP) is 6.78. The van der Waals surface area contributed by atoms with Gasteiger partial charge >= 0.3 is 12.0 Å². The molecule has 3 heterocycles. The molecular weight excluding hydrogens is 873 g/mol. The summed E-state index contributed by atoms with van der Waals surface area (Å²) in [4.78, 5) is 65.9.